The fourth-order valence-corrected chi connectivity index (χ4v) is 1.87. The minimum atomic E-state index is -1.05. The third-order valence-electron chi connectivity index (χ3n) is 3.23. The molecule has 0 N–H and O–H groups in total. The molecule has 0 fully saturated rings. The van der Waals surface area contributed by atoms with Crippen molar-refractivity contribution in [3.05, 3.63) is 70.5 Å². The number of hydrogen-bond acceptors (Lipinski definition) is 0. The van der Waals surface area contributed by atoms with Gasteiger partial charge in [-0.1, -0.05) is 43.3 Å². The highest BCUT2D eigenvalue weighted by Crippen LogP contribution is 2.29. The monoisotopic (exact) mass is 276 g/mol. The average molecular weight is 276 g/mol. The third kappa shape index (κ3) is 2.93. The molecule has 0 heterocycles. The zero-order chi connectivity index (χ0) is 14.7. The van der Waals surface area contributed by atoms with E-state index < -0.39 is 17.5 Å². The molecule has 0 aliphatic heterocycles. The number of rotatable bonds is 3. The summed E-state index contributed by atoms with van der Waals surface area (Å²) in [7, 11) is 0. The molecule has 0 spiro atoms. The van der Waals surface area contributed by atoms with Crippen molar-refractivity contribution in [1.82, 2.24) is 0 Å². The van der Waals surface area contributed by atoms with Crippen LogP contribution in [0.15, 0.2) is 42.5 Å². The first-order chi connectivity index (χ1) is 9.52. The van der Waals surface area contributed by atoms with E-state index in [1.165, 1.54) is 24.3 Å². The van der Waals surface area contributed by atoms with Crippen LogP contribution in [0.25, 0.3) is 11.7 Å². The van der Waals surface area contributed by atoms with Crippen molar-refractivity contribution in [2.24, 2.45) is 0 Å². The summed E-state index contributed by atoms with van der Waals surface area (Å²) >= 11 is 0. The van der Waals surface area contributed by atoms with E-state index in [2.05, 4.69) is 0 Å². The third-order valence-corrected chi connectivity index (χ3v) is 3.23. The van der Waals surface area contributed by atoms with E-state index in [1.807, 2.05) is 6.92 Å². The van der Waals surface area contributed by atoms with E-state index >= 15 is 0 Å². The first-order valence-electron chi connectivity index (χ1n) is 6.44. The van der Waals surface area contributed by atoms with Crippen LogP contribution in [-0.4, -0.2) is 0 Å². The minimum Gasteiger partial charge on any atom is -0.207 e. The zero-order valence-electron chi connectivity index (χ0n) is 11.4. The lowest BCUT2D eigenvalue weighted by atomic mass is 10.1. The van der Waals surface area contributed by atoms with E-state index in [0.29, 0.717) is 5.56 Å². The average Bonchev–Trinajstić information content (AvgIpc) is 2.48. The molecule has 0 nitrogen and oxygen atoms in total. The molecule has 0 unspecified atom stereocenters. The van der Waals surface area contributed by atoms with Gasteiger partial charge in [0.25, 0.3) is 0 Å². The molecule has 0 saturated carbocycles. The summed E-state index contributed by atoms with van der Waals surface area (Å²) in [5.41, 5.74) is 1.50. The van der Waals surface area contributed by atoms with Gasteiger partial charge in [-0.2, -0.15) is 0 Å². The smallest absolute Gasteiger partial charge is 0.166 e. The number of aryl methyl sites for hydroxylation is 2. The van der Waals surface area contributed by atoms with Crippen molar-refractivity contribution >= 4 is 11.7 Å². The van der Waals surface area contributed by atoms with Crippen LogP contribution in [0.2, 0.25) is 0 Å². The SMILES string of the molecule is CCc1ccc(/C(F)=C(\F)c2ccc(C)c(F)c2)cc1. The molecule has 0 saturated heterocycles. The molecule has 0 radical (unpaired) electrons. The lowest BCUT2D eigenvalue weighted by Crippen LogP contribution is -1.89. The molecular formula is C17H15F3. The van der Waals surface area contributed by atoms with Gasteiger partial charge in [0, 0.05) is 11.1 Å². The standard InChI is InChI=1S/C17H15F3/c1-3-12-5-8-13(9-6-12)16(19)17(20)14-7-4-11(2)15(18)10-14/h4-10H,3H2,1-2H3/b17-16+. The fourth-order valence-electron chi connectivity index (χ4n) is 1.87. The van der Waals surface area contributed by atoms with Crippen LogP contribution < -0.4 is 0 Å². The summed E-state index contributed by atoms with van der Waals surface area (Å²) < 4.78 is 41.5. The van der Waals surface area contributed by atoms with Gasteiger partial charge >= 0.3 is 0 Å². The summed E-state index contributed by atoms with van der Waals surface area (Å²) in [6, 6.07) is 10.3. The second kappa shape index (κ2) is 5.95. The number of halogens is 3. The number of hydrogen-bond donors (Lipinski definition) is 0. The Hall–Kier alpha value is -2.03. The van der Waals surface area contributed by atoms with Crippen molar-refractivity contribution < 1.29 is 13.2 Å². The zero-order valence-corrected chi connectivity index (χ0v) is 11.4. The van der Waals surface area contributed by atoms with Crippen molar-refractivity contribution in [3.8, 4) is 0 Å². The van der Waals surface area contributed by atoms with E-state index in [-0.39, 0.29) is 11.1 Å². The summed E-state index contributed by atoms with van der Waals surface area (Å²) in [5.74, 6) is -2.57. The molecule has 104 valence electrons. The van der Waals surface area contributed by atoms with Crippen molar-refractivity contribution in [2.45, 2.75) is 20.3 Å². The molecule has 2 rings (SSSR count). The normalized spacial score (nSPS) is 12.2. The Bertz CT molecular complexity index is 640. The van der Waals surface area contributed by atoms with Crippen LogP contribution in [0.4, 0.5) is 13.2 Å². The predicted octanol–water partition coefficient (Wildman–Crippen LogP) is 5.46. The van der Waals surface area contributed by atoms with Crippen LogP contribution in [-0.2, 0) is 6.42 Å². The molecule has 0 aliphatic carbocycles. The Labute approximate surface area is 116 Å². The molecule has 3 heteroatoms. The Morgan fingerprint density at radius 1 is 0.900 bits per heavy atom. The summed E-state index contributed by atoms with van der Waals surface area (Å²) in [6.45, 7) is 3.55. The molecule has 20 heavy (non-hydrogen) atoms. The van der Waals surface area contributed by atoms with Gasteiger partial charge in [0.15, 0.2) is 11.7 Å². The molecule has 0 amide bonds. The lowest BCUT2D eigenvalue weighted by Gasteiger charge is -2.04. The second-order valence-electron chi connectivity index (χ2n) is 4.64. The second-order valence-corrected chi connectivity index (χ2v) is 4.64. The molecule has 0 atom stereocenters. The minimum absolute atomic E-state index is 0.0924. The first-order valence-corrected chi connectivity index (χ1v) is 6.44. The first kappa shape index (κ1) is 14.4. The molecule has 0 aromatic heterocycles. The lowest BCUT2D eigenvalue weighted by molar-refractivity contribution is 0.616. The Morgan fingerprint density at radius 2 is 1.45 bits per heavy atom. The van der Waals surface area contributed by atoms with E-state index in [0.717, 1.165) is 18.1 Å². The Morgan fingerprint density at radius 3 is 2.00 bits per heavy atom. The molecule has 0 aliphatic rings. The van der Waals surface area contributed by atoms with Gasteiger partial charge in [0.1, 0.15) is 5.82 Å². The van der Waals surface area contributed by atoms with Crippen LogP contribution >= 0.6 is 0 Å². The quantitative estimate of drug-likeness (QED) is 0.653. The Kier molecular flexibility index (Phi) is 4.28. The van der Waals surface area contributed by atoms with E-state index in [4.69, 9.17) is 0 Å². The number of benzene rings is 2. The summed E-state index contributed by atoms with van der Waals surface area (Å²) in [4.78, 5) is 0. The van der Waals surface area contributed by atoms with Crippen molar-refractivity contribution in [3.63, 3.8) is 0 Å². The van der Waals surface area contributed by atoms with Gasteiger partial charge < -0.3 is 0 Å². The van der Waals surface area contributed by atoms with E-state index in [9.17, 15) is 13.2 Å². The maximum Gasteiger partial charge on any atom is 0.166 e. The molecule has 0 bridgehead atoms. The summed E-state index contributed by atoms with van der Waals surface area (Å²) in [6.07, 6.45) is 0.831. The van der Waals surface area contributed by atoms with Gasteiger partial charge in [-0.05, 0) is 30.5 Å². The molecule has 2 aromatic carbocycles. The van der Waals surface area contributed by atoms with Crippen molar-refractivity contribution in [2.75, 3.05) is 0 Å². The molecular weight excluding hydrogens is 261 g/mol. The largest absolute Gasteiger partial charge is 0.207 e. The maximum absolute atomic E-state index is 14.1. The van der Waals surface area contributed by atoms with Crippen LogP contribution in [0, 0.1) is 12.7 Å². The van der Waals surface area contributed by atoms with Gasteiger partial charge in [0.2, 0.25) is 0 Å². The van der Waals surface area contributed by atoms with Gasteiger partial charge in [-0.15, -0.1) is 0 Å². The van der Waals surface area contributed by atoms with Gasteiger partial charge in [0.05, 0.1) is 0 Å². The van der Waals surface area contributed by atoms with Crippen LogP contribution in [0.1, 0.15) is 29.2 Å². The van der Waals surface area contributed by atoms with E-state index in [1.54, 1.807) is 19.1 Å². The highest BCUT2D eigenvalue weighted by atomic mass is 19.2. The molecule has 2 aromatic rings. The topological polar surface area (TPSA) is 0 Å². The predicted molar refractivity (Wildman–Crippen MR) is 76.0 cm³/mol. The Balaban J connectivity index is 2.40. The maximum atomic E-state index is 14.1. The van der Waals surface area contributed by atoms with Crippen LogP contribution in [0.3, 0.4) is 0 Å². The van der Waals surface area contributed by atoms with Gasteiger partial charge in [-0.3, -0.25) is 0 Å². The van der Waals surface area contributed by atoms with Crippen LogP contribution in [0.5, 0.6) is 0 Å². The van der Waals surface area contributed by atoms with Crippen molar-refractivity contribution in [1.29, 1.82) is 0 Å². The highest BCUT2D eigenvalue weighted by molar-refractivity contribution is 5.83. The van der Waals surface area contributed by atoms with Gasteiger partial charge in [-0.25, -0.2) is 13.2 Å². The highest BCUT2D eigenvalue weighted by Gasteiger charge is 2.12. The fraction of sp³-hybridized carbons (Fsp3) is 0.176. The summed E-state index contributed by atoms with van der Waals surface area (Å²) in [5, 5.41) is 0.